The van der Waals surface area contributed by atoms with E-state index in [4.69, 9.17) is 0 Å². The summed E-state index contributed by atoms with van der Waals surface area (Å²) in [6, 6.07) is 0. The monoisotopic (exact) mass is 255 g/mol. The third kappa shape index (κ3) is 2.48. The number of thiazole rings is 1. The van der Waals surface area contributed by atoms with Crippen LogP contribution in [0.2, 0.25) is 0 Å². The summed E-state index contributed by atoms with van der Waals surface area (Å²) < 4.78 is 0. The van der Waals surface area contributed by atoms with Gasteiger partial charge in [-0.1, -0.05) is 22.7 Å². The van der Waals surface area contributed by atoms with Crippen molar-refractivity contribution in [1.82, 2.24) is 15.2 Å². The average molecular weight is 255 g/mol. The number of nitrogens with zero attached hydrogens (tertiary/aromatic N) is 4. The summed E-state index contributed by atoms with van der Waals surface area (Å²) in [4.78, 5) is 7.74. The van der Waals surface area contributed by atoms with Crippen LogP contribution in [-0.2, 0) is 6.54 Å². The van der Waals surface area contributed by atoms with Crippen molar-refractivity contribution in [3.05, 3.63) is 16.1 Å². The third-order valence-electron chi connectivity index (χ3n) is 2.02. The van der Waals surface area contributed by atoms with Crippen molar-refractivity contribution in [2.45, 2.75) is 13.5 Å². The molecule has 0 bridgehead atoms. The fraction of sp³-hybridized carbons (Fsp3) is 0.444. The minimum absolute atomic E-state index is 0.756. The maximum absolute atomic E-state index is 4.48. The van der Waals surface area contributed by atoms with E-state index in [-0.39, 0.29) is 0 Å². The van der Waals surface area contributed by atoms with Crippen molar-refractivity contribution < 1.29 is 0 Å². The van der Waals surface area contributed by atoms with E-state index in [2.05, 4.69) is 20.5 Å². The Kier molecular flexibility index (Phi) is 3.35. The molecule has 2 aromatic heterocycles. The van der Waals surface area contributed by atoms with Gasteiger partial charge in [-0.3, -0.25) is 0 Å². The Morgan fingerprint density at radius 3 is 2.81 bits per heavy atom. The van der Waals surface area contributed by atoms with E-state index >= 15 is 0 Å². The molecule has 1 N–H and O–H groups in total. The molecule has 0 saturated heterocycles. The number of aromatic nitrogens is 3. The minimum Gasteiger partial charge on any atom is -0.355 e. The predicted molar refractivity (Wildman–Crippen MR) is 68.4 cm³/mol. The van der Waals surface area contributed by atoms with Gasteiger partial charge < -0.3 is 10.2 Å². The molecule has 5 nitrogen and oxygen atoms in total. The normalized spacial score (nSPS) is 10.4. The summed E-state index contributed by atoms with van der Waals surface area (Å²) in [7, 11) is 4.00. The molecule has 2 aromatic rings. The highest BCUT2D eigenvalue weighted by molar-refractivity contribution is 7.15. The molecule has 0 amide bonds. The number of rotatable bonds is 4. The molecule has 2 heterocycles. The van der Waals surface area contributed by atoms with Gasteiger partial charge in [0.1, 0.15) is 5.51 Å². The zero-order valence-electron chi connectivity index (χ0n) is 9.39. The van der Waals surface area contributed by atoms with Crippen molar-refractivity contribution in [3.63, 3.8) is 0 Å². The molecule has 0 atom stereocenters. The van der Waals surface area contributed by atoms with E-state index < -0.39 is 0 Å². The number of aryl methyl sites for hydroxylation is 1. The lowest BCUT2D eigenvalue weighted by Gasteiger charge is -2.05. The second-order valence-corrected chi connectivity index (χ2v) is 5.39. The van der Waals surface area contributed by atoms with Crippen molar-refractivity contribution in [1.29, 1.82) is 0 Å². The Bertz CT molecular complexity index is 448. The molecule has 2 rings (SSSR count). The SMILES string of the molecule is Cc1nc(N(C)C)sc1CNc1nncs1. The van der Waals surface area contributed by atoms with Gasteiger partial charge >= 0.3 is 0 Å². The Labute approximate surface area is 102 Å². The number of hydrogen-bond acceptors (Lipinski definition) is 7. The summed E-state index contributed by atoms with van der Waals surface area (Å²) >= 11 is 3.20. The van der Waals surface area contributed by atoms with Crippen LogP contribution in [0.3, 0.4) is 0 Å². The van der Waals surface area contributed by atoms with E-state index in [1.54, 1.807) is 16.8 Å². The van der Waals surface area contributed by atoms with Gasteiger partial charge in [0.15, 0.2) is 5.13 Å². The van der Waals surface area contributed by atoms with Crippen LogP contribution >= 0.6 is 22.7 Å². The number of nitrogens with one attached hydrogen (secondary N) is 1. The Balaban J connectivity index is 2.04. The van der Waals surface area contributed by atoms with Crippen molar-refractivity contribution >= 4 is 32.9 Å². The zero-order chi connectivity index (χ0) is 11.5. The second-order valence-electron chi connectivity index (χ2n) is 3.50. The highest BCUT2D eigenvalue weighted by Crippen LogP contribution is 2.25. The minimum atomic E-state index is 0.756. The third-order valence-corrected chi connectivity index (χ3v) is 4.00. The van der Waals surface area contributed by atoms with E-state index in [1.165, 1.54) is 16.2 Å². The summed E-state index contributed by atoms with van der Waals surface area (Å²) in [6.45, 7) is 2.78. The van der Waals surface area contributed by atoms with Crippen LogP contribution in [-0.4, -0.2) is 29.3 Å². The maximum Gasteiger partial charge on any atom is 0.205 e. The van der Waals surface area contributed by atoms with Crippen molar-refractivity contribution in [2.24, 2.45) is 0 Å². The topological polar surface area (TPSA) is 53.9 Å². The molecular formula is C9H13N5S2. The van der Waals surface area contributed by atoms with Crippen molar-refractivity contribution in [3.8, 4) is 0 Å². The molecule has 0 saturated carbocycles. The van der Waals surface area contributed by atoms with Crippen LogP contribution in [0.15, 0.2) is 5.51 Å². The largest absolute Gasteiger partial charge is 0.355 e. The van der Waals surface area contributed by atoms with Crippen molar-refractivity contribution in [2.75, 3.05) is 24.3 Å². The Hall–Kier alpha value is -1.21. The molecule has 0 radical (unpaired) electrons. The first-order chi connectivity index (χ1) is 7.66. The standard InChI is InChI=1S/C9H13N5S2/c1-6-7(16-9(12-6)14(2)3)4-10-8-13-11-5-15-8/h5H,4H2,1-3H3,(H,10,13). The summed E-state index contributed by atoms with van der Waals surface area (Å²) in [5.41, 5.74) is 2.79. The van der Waals surface area contributed by atoms with Gasteiger partial charge in [0, 0.05) is 19.0 Å². The molecule has 86 valence electrons. The van der Waals surface area contributed by atoms with Gasteiger partial charge in [0.2, 0.25) is 5.13 Å². The Morgan fingerprint density at radius 2 is 2.25 bits per heavy atom. The molecule has 0 fully saturated rings. The highest BCUT2D eigenvalue weighted by atomic mass is 32.1. The van der Waals surface area contributed by atoms with Crippen LogP contribution in [0.1, 0.15) is 10.6 Å². The molecule has 0 aliphatic rings. The Morgan fingerprint density at radius 1 is 1.44 bits per heavy atom. The van der Waals surface area contributed by atoms with Gasteiger partial charge in [-0.05, 0) is 6.92 Å². The molecular weight excluding hydrogens is 242 g/mol. The smallest absolute Gasteiger partial charge is 0.205 e. The van der Waals surface area contributed by atoms with Crippen LogP contribution < -0.4 is 10.2 Å². The van der Waals surface area contributed by atoms with Crippen LogP contribution in [0, 0.1) is 6.92 Å². The van der Waals surface area contributed by atoms with Crippen LogP contribution in [0.4, 0.5) is 10.3 Å². The van der Waals surface area contributed by atoms with Crippen LogP contribution in [0.5, 0.6) is 0 Å². The van der Waals surface area contributed by atoms with Gasteiger partial charge in [0.25, 0.3) is 0 Å². The molecule has 7 heteroatoms. The summed E-state index contributed by atoms with van der Waals surface area (Å²) in [6.07, 6.45) is 0. The van der Waals surface area contributed by atoms with Gasteiger partial charge in [0.05, 0.1) is 12.2 Å². The lowest BCUT2D eigenvalue weighted by atomic mass is 10.4. The summed E-state index contributed by atoms with van der Waals surface area (Å²) in [5.74, 6) is 0. The van der Waals surface area contributed by atoms with Gasteiger partial charge in [-0.15, -0.1) is 10.2 Å². The maximum atomic E-state index is 4.48. The van der Waals surface area contributed by atoms with Crippen LogP contribution in [0.25, 0.3) is 0 Å². The molecule has 0 aliphatic carbocycles. The predicted octanol–water partition coefficient (Wildman–Crippen LogP) is 1.98. The first kappa shape index (κ1) is 11.3. The molecule has 16 heavy (non-hydrogen) atoms. The molecule has 0 aromatic carbocycles. The quantitative estimate of drug-likeness (QED) is 0.905. The summed E-state index contributed by atoms with van der Waals surface area (Å²) in [5, 5.41) is 12.8. The zero-order valence-corrected chi connectivity index (χ0v) is 11.0. The lowest BCUT2D eigenvalue weighted by molar-refractivity contribution is 1.04. The average Bonchev–Trinajstić information content (AvgIpc) is 2.84. The fourth-order valence-corrected chi connectivity index (χ4v) is 2.54. The molecule has 0 aliphatic heterocycles. The lowest BCUT2D eigenvalue weighted by Crippen LogP contribution is -2.07. The fourth-order valence-electron chi connectivity index (χ4n) is 1.17. The molecule has 0 spiro atoms. The first-order valence-corrected chi connectivity index (χ1v) is 6.50. The number of hydrogen-bond donors (Lipinski definition) is 1. The van der Waals surface area contributed by atoms with E-state index in [0.717, 1.165) is 22.5 Å². The van der Waals surface area contributed by atoms with E-state index in [0.29, 0.717) is 0 Å². The van der Waals surface area contributed by atoms with Gasteiger partial charge in [-0.25, -0.2) is 4.98 Å². The highest BCUT2D eigenvalue weighted by Gasteiger charge is 2.09. The van der Waals surface area contributed by atoms with E-state index in [1.807, 2.05) is 25.9 Å². The molecule has 0 unspecified atom stereocenters. The first-order valence-electron chi connectivity index (χ1n) is 4.80. The van der Waals surface area contributed by atoms with Gasteiger partial charge in [-0.2, -0.15) is 0 Å². The number of anilines is 2. The van der Waals surface area contributed by atoms with E-state index in [9.17, 15) is 0 Å². The second kappa shape index (κ2) is 4.75.